The Kier molecular flexibility index (Phi) is 7.57. The van der Waals surface area contributed by atoms with Gasteiger partial charge in [0.2, 0.25) is 5.91 Å². The smallest absolute Gasteiger partial charge is 0.243 e. The number of nitrogens with one attached hydrogen (secondary N) is 1. The van der Waals surface area contributed by atoms with Gasteiger partial charge in [0.05, 0.1) is 11.6 Å². The molecule has 6 nitrogen and oxygen atoms in total. The van der Waals surface area contributed by atoms with Crippen molar-refractivity contribution < 1.29 is 9.53 Å². The molecule has 0 spiro atoms. The fraction of sp³-hybridized carbons (Fsp3) is 0.579. The van der Waals surface area contributed by atoms with Gasteiger partial charge in [0.15, 0.2) is 5.96 Å². The Morgan fingerprint density at radius 3 is 2.81 bits per heavy atom. The molecule has 1 fully saturated rings. The van der Waals surface area contributed by atoms with Gasteiger partial charge >= 0.3 is 0 Å². The molecule has 0 radical (unpaired) electrons. The monoisotopic (exact) mass is 380 g/mol. The quantitative estimate of drug-likeness (QED) is 0.608. The van der Waals surface area contributed by atoms with Crippen LogP contribution in [0, 0.1) is 5.92 Å². The summed E-state index contributed by atoms with van der Waals surface area (Å²) in [6.07, 6.45) is 0.931. The molecule has 1 aromatic rings. The van der Waals surface area contributed by atoms with Crippen LogP contribution in [0.2, 0.25) is 5.02 Å². The molecule has 0 saturated carbocycles. The minimum absolute atomic E-state index is 0.0167. The highest BCUT2D eigenvalue weighted by Gasteiger charge is 2.27. The Labute approximate surface area is 161 Å². The summed E-state index contributed by atoms with van der Waals surface area (Å²) >= 11 is 6.18. The first-order valence-corrected chi connectivity index (χ1v) is 9.39. The topological polar surface area (TPSA) is 57.2 Å². The van der Waals surface area contributed by atoms with E-state index in [1.165, 1.54) is 0 Å². The van der Waals surface area contributed by atoms with Crippen LogP contribution in [0.15, 0.2) is 29.3 Å². The van der Waals surface area contributed by atoms with E-state index in [2.05, 4.69) is 29.1 Å². The van der Waals surface area contributed by atoms with Gasteiger partial charge < -0.3 is 19.9 Å². The van der Waals surface area contributed by atoms with E-state index in [1.54, 1.807) is 19.0 Å². The molecule has 1 amide bonds. The largest absolute Gasteiger partial charge is 0.487 e. The van der Waals surface area contributed by atoms with Crippen molar-refractivity contribution in [1.29, 1.82) is 0 Å². The summed E-state index contributed by atoms with van der Waals surface area (Å²) in [5, 5.41) is 3.99. The molecule has 0 aliphatic carbocycles. The van der Waals surface area contributed by atoms with Gasteiger partial charge in [-0.15, -0.1) is 0 Å². The molecule has 26 heavy (non-hydrogen) atoms. The lowest BCUT2D eigenvalue weighted by Crippen LogP contribution is -2.43. The van der Waals surface area contributed by atoms with Crippen LogP contribution in [0.4, 0.5) is 0 Å². The normalized spacial score (nSPS) is 17.5. The van der Waals surface area contributed by atoms with Crippen LogP contribution in [-0.4, -0.2) is 68.0 Å². The molecule has 1 N–H and O–H groups in total. The van der Waals surface area contributed by atoms with Gasteiger partial charge in [0.25, 0.3) is 0 Å². The maximum Gasteiger partial charge on any atom is 0.243 e. The number of para-hydroxylation sites is 1. The molecule has 7 heteroatoms. The minimum atomic E-state index is -0.0167. The fourth-order valence-corrected chi connectivity index (χ4v) is 2.76. The van der Waals surface area contributed by atoms with Crippen LogP contribution in [0.1, 0.15) is 20.3 Å². The van der Waals surface area contributed by atoms with E-state index in [-0.39, 0.29) is 18.6 Å². The number of ether oxygens (including phenoxy) is 1. The lowest BCUT2D eigenvalue weighted by Gasteiger charge is -2.23. The number of halogens is 1. The lowest BCUT2D eigenvalue weighted by molar-refractivity contribution is -0.127. The van der Waals surface area contributed by atoms with Crippen LogP contribution in [0.3, 0.4) is 0 Å². The predicted octanol–water partition coefficient (Wildman–Crippen LogP) is 2.48. The number of carbonyl (C=O) groups is 1. The molecule has 144 valence electrons. The summed E-state index contributed by atoms with van der Waals surface area (Å²) in [7, 11) is 3.48. The SMILES string of the molecule is CC(C)CNC(=NCC(=O)N(C)C)N1CCC(Oc2ccccc2Cl)C1. The van der Waals surface area contributed by atoms with Crippen molar-refractivity contribution in [2.45, 2.75) is 26.4 Å². The number of nitrogens with zero attached hydrogens (tertiary/aromatic N) is 3. The summed E-state index contributed by atoms with van der Waals surface area (Å²) < 4.78 is 6.04. The Morgan fingerprint density at radius 2 is 2.15 bits per heavy atom. The summed E-state index contributed by atoms with van der Waals surface area (Å²) in [5.74, 6) is 1.94. The number of likely N-dealkylation sites (N-methyl/N-ethyl adjacent to an activating group) is 1. The average molecular weight is 381 g/mol. The Hall–Kier alpha value is -1.95. The van der Waals surface area contributed by atoms with Gasteiger partial charge in [-0.25, -0.2) is 4.99 Å². The predicted molar refractivity (Wildman–Crippen MR) is 106 cm³/mol. The summed E-state index contributed by atoms with van der Waals surface area (Å²) in [6.45, 7) is 6.77. The van der Waals surface area contributed by atoms with Crippen molar-refractivity contribution in [2.75, 3.05) is 40.3 Å². The summed E-state index contributed by atoms with van der Waals surface area (Å²) in [4.78, 5) is 20.1. The Bertz CT molecular complexity index is 634. The van der Waals surface area contributed by atoms with E-state index in [4.69, 9.17) is 16.3 Å². The zero-order chi connectivity index (χ0) is 19.1. The maximum absolute atomic E-state index is 11.9. The van der Waals surface area contributed by atoms with Gasteiger partial charge in [-0.3, -0.25) is 4.79 Å². The standard InChI is InChI=1S/C19H29ClN4O2/c1-14(2)11-21-19(22-12-18(25)23(3)4)24-10-9-15(13-24)26-17-8-6-5-7-16(17)20/h5-8,14-15H,9-13H2,1-4H3,(H,21,22). The third-order valence-corrected chi connectivity index (χ3v) is 4.42. The number of hydrogen-bond donors (Lipinski definition) is 1. The molecule has 1 aliphatic heterocycles. The zero-order valence-corrected chi connectivity index (χ0v) is 16.8. The number of likely N-dealkylation sites (tertiary alicyclic amines) is 1. The maximum atomic E-state index is 11.9. The fourth-order valence-electron chi connectivity index (χ4n) is 2.58. The van der Waals surface area contributed by atoms with E-state index in [1.807, 2.05) is 24.3 Å². The Morgan fingerprint density at radius 1 is 1.42 bits per heavy atom. The highest BCUT2D eigenvalue weighted by Crippen LogP contribution is 2.26. The van der Waals surface area contributed by atoms with Gasteiger partial charge in [-0.05, 0) is 18.1 Å². The number of carbonyl (C=O) groups excluding carboxylic acids is 1. The number of benzene rings is 1. The van der Waals surface area contributed by atoms with Gasteiger partial charge in [-0.2, -0.15) is 0 Å². The number of hydrogen-bond acceptors (Lipinski definition) is 3. The minimum Gasteiger partial charge on any atom is -0.487 e. The Balaban J connectivity index is 2.00. The number of aliphatic imine (C=N–C) groups is 1. The van der Waals surface area contributed by atoms with Crippen LogP contribution >= 0.6 is 11.6 Å². The highest BCUT2D eigenvalue weighted by molar-refractivity contribution is 6.32. The summed E-state index contributed by atoms with van der Waals surface area (Å²) in [5.41, 5.74) is 0. The lowest BCUT2D eigenvalue weighted by atomic mass is 10.2. The first-order chi connectivity index (χ1) is 12.4. The van der Waals surface area contributed by atoms with Gasteiger partial charge in [0.1, 0.15) is 18.4 Å². The van der Waals surface area contributed by atoms with E-state index in [9.17, 15) is 4.79 Å². The second-order valence-electron chi connectivity index (χ2n) is 7.11. The molecule has 0 bridgehead atoms. The number of rotatable bonds is 6. The van der Waals surface area contributed by atoms with E-state index in [0.29, 0.717) is 23.2 Å². The molecular formula is C19H29ClN4O2. The molecule has 1 atom stereocenters. The van der Waals surface area contributed by atoms with Crippen molar-refractivity contribution in [3.05, 3.63) is 29.3 Å². The van der Waals surface area contributed by atoms with Gasteiger partial charge in [0, 0.05) is 33.6 Å². The molecular weight excluding hydrogens is 352 g/mol. The van der Waals surface area contributed by atoms with Crippen molar-refractivity contribution >= 4 is 23.5 Å². The first-order valence-electron chi connectivity index (χ1n) is 9.01. The molecule has 0 aromatic heterocycles. The van der Waals surface area contributed by atoms with Crippen LogP contribution in [0.5, 0.6) is 5.75 Å². The first kappa shape index (κ1) is 20.4. The van der Waals surface area contributed by atoms with Crippen molar-refractivity contribution in [3.63, 3.8) is 0 Å². The van der Waals surface area contributed by atoms with Crippen molar-refractivity contribution in [2.24, 2.45) is 10.9 Å². The van der Waals surface area contributed by atoms with Crippen molar-refractivity contribution in [3.8, 4) is 5.75 Å². The zero-order valence-electron chi connectivity index (χ0n) is 16.0. The molecule has 1 saturated heterocycles. The highest BCUT2D eigenvalue weighted by atomic mass is 35.5. The van der Waals surface area contributed by atoms with E-state index < -0.39 is 0 Å². The second kappa shape index (κ2) is 9.67. The van der Waals surface area contributed by atoms with E-state index >= 15 is 0 Å². The number of amides is 1. The molecule has 2 rings (SSSR count). The third-order valence-electron chi connectivity index (χ3n) is 4.11. The van der Waals surface area contributed by atoms with Crippen LogP contribution in [-0.2, 0) is 4.79 Å². The third kappa shape index (κ3) is 6.09. The average Bonchev–Trinajstić information content (AvgIpc) is 3.04. The number of guanidine groups is 1. The molecule has 1 aliphatic rings. The molecule has 1 aromatic carbocycles. The van der Waals surface area contributed by atoms with Gasteiger partial charge in [-0.1, -0.05) is 37.6 Å². The van der Waals surface area contributed by atoms with Crippen LogP contribution < -0.4 is 10.1 Å². The molecule has 1 unspecified atom stereocenters. The van der Waals surface area contributed by atoms with E-state index in [0.717, 1.165) is 25.5 Å². The van der Waals surface area contributed by atoms with Crippen molar-refractivity contribution in [1.82, 2.24) is 15.1 Å². The molecule has 1 heterocycles. The second-order valence-corrected chi connectivity index (χ2v) is 7.51. The summed E-state index contributed by atoms with van der Waals surface area (Å²) in [6, 6.07) is 7.51. The van der Waals surface area contributed by atoms with Crippen LogP contribution in [0.25, 0.3) is 0 Å².